The van der Waals surface area contributed by atoms with Gasteiger partial charge in [0.05, 0.1) is 0 Å². The molecule has 94 valence electrons. The van der Waals surface area contributed by atoms with Crippen LogP contribution in [-0.2, 0) is 4.79 Å². The van der Waals surface area contributed by atoms with Gasteiger partial charge in [0.1, 0.15) is 0 Å². The van der Waals surface area contributed by atoms with Gasteiger partial charge in [0, 0.05) is 26.1 Å². The Labute approximate surface area is 99.4 Å². The third-order valence-corrected chi connectivity index (χ3v) is 3.60. The van der Waals surface area contributed by atoms with Crippen LogP contribution in [0.2, 0.25) is 0 Å². The molecule has 0 aromatic rings. The summed E-state index contributed by atoms with van der Waals surface area (Å²) < 4.78 is 0. The highest BCUT2D eigenvalue weighted by Gasteiger charge is 2.16. The summed E-state index contributed by atoms with van der Waals surface area (Å²) in [5, 5.41) is 6.37. The molecule has 1 saturated carbocycles. The molecule has 3 nitrogen and oxygen atoms in total. The van der Waals surface area contributed by atoms with Crippen molar-refractivity contribution in [2.45, 2.75) is 58.4 Å². The molecule has 2 atom stereocenters. The Balaban J connectivity index is 2.10. The fraction of sp³-hybridized carbons (Fsp3) is 0.923. The zero-order valence-corrected chi connectivity index (χ0v) is 10.7. The van der Waals surface area contributed by atoms with Crippen molar-refractivity contribution in [1.29, 1.82) is 0 Å². The molecular weight excluding hydrogens is 200 g/mol. The Hall–Kier alpha value is -0.570. The SMILES string of the molecule is CCC1CCCC(NCCNC(C)=O)CC1. The Morgan fingerprint density at radius 2 is 2.00 bits per heavy atom. The quantitative estimate of drug-likeness (QED) is 0.556. The number of hydrogen-bond donors (Lipinski definition) is 2. The van der Waals surface area contributed by atoms with Gasteiger partial charge < -0.3 is 10.6 Å². The third kappa shape index (κ3) is 5.50. The second-order valence-corrected chi connectivity index (χ2v) is 4.92. The highest BCUT2D eigenvalue weighted by atomic mass is 16.1. The predicted octanol–water partition coefficient (Wildman–Crippen LogP) is 2.07. The van der Waals surface area contributed by atoms with Crippen LogP contribution in [0.15, 0.2) is 0 Å². The summed E-state index contributed by atoms with van der Waals surface area (Å²) in [5.41, 5.74) is 0. The molecule has 3 heteroatoms. The second kappa shape index (κ2) is 7.66. The Kier molecular flexibility index (Phi) is 6.46. The molecule has 0 spiro atoms. The maximum Gasteiger partial charge on any atom is 0.216 e. The Bertz CT molecular complexity index is 206. The van der Waals surface area contributed by atoms with E-state index in [9.17, 15) is 4.79 Å². The highest BCUT2D eigenvalue weighted by molar-refractivity contribution is 5.72. The van der Waals surface area contributed by atoms with Crippen molar-refractivity contribution in [2.24, 2.45) is 5.92 Å². The molecule has 0 radical (unpaired) electrons. The fourth-order valence-corrected chi connectivity index (χ4v) is 2.51. The summed E-state index contributed by atoms with van der Waals surface area (Å²) in [4.78, 5) is 10.7. The maximum absolute atomic E-state index is 10.7. The average Bonchev–Trinajstić information content (AvgIpc) is 2.49. The van der Waals surface area contributed by atoms with Crippen LogP contribution in [0, 0.1) is 5.92 Å². The summed E-state index contributed by atoms with van der Waals surface area (Å²) in [6.07, 6.45) is 8.07. The van der Waals surface area contributed by atoms with E-state index < -0.39 is 0 Å². The van der Waals surface area contributed by atoms with Gasteiger partial charge in [0.15, 0.2) is 0 Å². The van der Waals surface area contributed by atoms with E-state index in [-0.39, 0.29) is 5.91 Å². The molecule has 0 heterocycles. The van der Waals surface area contributed by atoms with Crippen molar-refractivity contribution in [2.75, 3.05) is 13.1 Å². The highest BCUT2D eigenvalue weighted by Crippen LogP contribution is 2.25. The van der Waals surface area contributed by atoms with Crippen LogP contribution in [-0.4, -0.2) is 25.0 Å². The van der Waals surface area contributed by atoms with Gasteiger partial charge in [0.2, 0.25) is 5.91 Å². The largest absolute Gasteiger partial charge is 0.355 e. The van der Waals surface area contributed by atoms with E-state index in [0.29, 0.717) is 6.04 Å². The molecule has 0 saturated heterocycles. The Morgan fingerprint density at radius 3 is 2.69 bits per heavy atom. The van der Waals surface area contributed by atoms with Crippen molar-refractivity contribution in [3.8, 4) is 0 Å². The summed E-state index contributed by atoms with van der Waals surface area (Å²) in [6.45, 7) is 5.52. The van der Waals surface area contributed by atoms with Crippen LogP contribution in [0.3, 0.4) is 0 Å². The molecule has 0 aromatic carbocycles. The van der Waals surface area contributed by atoms with Gasteiger partial charge in [0.25, 0.3) is 0 Å². The molecule has 1 fully saturated rings. The molecule has 1 aliphatic rings. The van der Waals surface area contributed by atoms with Crippen LogP contribution in [0.4, 0.5) is 0 Å². The summed E-state index contributed by atoms with van der Waals surface area (Å²) in [7, 11) is 0. The first-order valence-electron chi connectivity index (χ1n) is 6.70. The van der Waals surface area contributed by atoms with E-state index in [1.807, 2.05) is 0 Å². The summed E-state index contributed by atoms with van der Waals surface area (Å²) in [6, 6.07) is 0.672. The van der Waals surface area contributed by atoms with E-state index in [2.05, 4.69) is 17.6 Å². The van der Waals surface area contributed by atoms with E-state index in [4.69, 9.17) is 0 Å². The molecule has 1 aliphatic carbocycles. The molecule has 16 heavy (non-hydrogen) atoms. The smallest absolute Gasteiger partial charge is 0.216 e. The van der Waals surface area contributed by atoms with Crippen LogP contribution < -0.4 is 10.6 Å². The fourth-order valence-electron chi connectivity index (χ4n) is 2.51. The number of amides is 1. The first-order chi connectivity index (χ1) is 7.72. The number of carbonyl (C=O) groups excluding carboxylic acids is 1. The minimum Gasteiger partial charge on any atom is -0.355 e. The van der Waals surface area contributed by atoms with Gasteiger partial charge >= 0.3 is 0 Å². The zero-order chi connectivity index (χ0) is 11.8. The number of rotatable bonds is 5. The van der Waals surface area contributed by atoms with Crippen LogP contribution in [0.25, 0.3) is 0 Å². The van der Waals surface area contributed by atoms with Gasteiger partial charge in [-0.05, 0) is 25.2 Å². The van der Waals surface area contributed by atoms with Gasteiger partial charge in [-0.3, -0.25) is 4.79 Å². The normalized spacial score (nSPS) is 26.1. The minimum atomic E-state index is 0.0636. The number of hydrogen-bond acceptors (Lipinski definition) is 2. The van der Waals surface area contributed by atoms with Crippen LogP contribution in [0.1, 0.15) is 52.4 Å². The van der Waals surface area contributed by atoms with Gasteiger partial charge in [-0.2, -0.15) is 0 Å². The molecule has 0 aromatic heterocycles. The lowest BCUT2D eigenvalue weighted by molar-refractivity contribution is -0.118. The van der Waals surface area contributed by atoms with Gasteiger partial charge in [-0.1, -0.05) is 26.2 Å². The lowest BCUT2D eigenvalue weighted by Gasteiger charge is -2.16. The molecular formula is C13H26N2O. The van der Waals surface area contributed by atoms with Crippen molar-refractivity contribution >= 4 is 5.91 Å². The van der Waals surface area contributed by atoms with Crippen LogP contribution in [0.5, 0.6) is 0 Å². The first-order valence-corrected chi connectivity index (χ1v) is 6.70. The first kappa shape index (κ1) is 13.5. The maximum atomic E-state index is 10.7. The van der Waals surface area contributed by atoms with E-state index in [0.717, 1.165) is 19.0 Å². The zero-order valence-electron chi connectivity index (χ0n) is 10.7. The van der Waals surface area contributed by atoms with Gasteiger partial charge in [-0.25, -0.2) is 0 Å². The van der Waals surface area contributed by atoms with Crippen molar-refractivity contribution < 1.29 is 4.79 Å². The number of nitrogens with one attached hydrogen (secondary N) is 2. The third-order valence-electron chi connectivity index (χ3n) is 3.60. The molecule has 2 unspecified atom stereocenters. The topological polar surface area (TPSA) is 41.1 Å². The van der Waals surface area contributed by atoms with Crippen LogP contribution >= 0.6 is 0 Å². The summed E-state index contributed by atoms with van der Waals surface area (Å²) >= 11 is 0. The lowest BCUT2D eigenvalue weighted by atomic mass is 9.98. The average molecular weight is 226 g/mol. The Morgan fingerprint density at radius 1 is 1.19 bits per heavy atom. The molecule has 1 amide bonds. The number of carbonyl (C=O) groups is 1. The van der Waals surface area contributed by atoms with E-state index in [1.165, 1.54) is 38.5 Å². The van der Waals surface area contributed by atoms with Crippen molar-refractivity contribution in [3.63, 3.8) is 0 Å². The standard InChI is InChI=1S/C13H26N2O/c1-3-12-5-4-6-13(8-7-12)15-10-9-14-11(2)16/h12-13,15H,3-10H2,1-2H3,(H,14,16). The molecule has 2 N–H and O–H groups in total. The monoisotopic (exact) mass is 226 g/mol. The molecule has 0 aliphatic heterocycles. The molecule has 1 rings (SSSR count). The lowest BCUT2D eigenvalue weighted by Crippen LogP contribution is -2.36. The van der Waals surface area contributed by atoms with E-state index in [1.54, 1.807) is 6.92 Å². The minimum absolute atomic E-state index is 0.0636. The summed E-state index contributed by atoms with van der Waals surface area (Å²) in [5.74, 6) is 1.01. The molecule has 0 bridgehead atoms. The van der Waals surface area contributed by atoms with Crippen molar-refractivity contribution in [1.82, 2.24) is 10.6 Å². The second-order valence-electron chi connectivity index (χ2n) is 4.92. The predicted molar refractivity (Wildman–Crippen MR) is 67.3 cm³/mol. The van der Waals surface area contributed by atoms with E-state index >= 15 is 0 Å². The van der Waals surface area contributed by atoms with Gasteiger partial charge in [-0.15, -0.1) is 0 Å². The van der Waals surface area contributed by atoms with Crippen molar-refractivity contribution in [3.05, 3.63) is 0 Å².